The Labute approximate surface area is 121 Å². The van der Waals surface area contributed by atoms with Gasteiger partial charge in [0, 0.05) is 31.0 Å². The number of carbonyl (C=O) groups is 1. The van der Waals surface area contributed by atoms with Gasteiger partial charge in [-0.1, -0.05) is 0 Å². The molecule has 21 heavy (non-hydrogen) atoms. The van der Waals surface area contributed by atoms with Crippen LogP contribution in [-0.4, -0.2) is 35.2 Å². The second-order valence-corrected chi connectivity index (χ2v) is 4.86. The standard InChI is InChI=1S/C13H17N3O5/c14-10-7-12(17)11(16(19)20)6-9(10)13(18)15-4-3-8-2-1-5-21-8/h6-8,17H,1-5,14H2,(H,15,18)/t8-/m1/s1. The summed E-state index contributed by atoms with van der Waals surface area (Å²) in [5, 5.41) is 22.8. The second kappa shape index (κ2) is 6.40. The minimum Gasteiger partial charge on any atom is -0.502 e. The number of hydrogen-bond acceptors (Lipinski definition) is 6. The van der Waals surface area contributed by atoms with Crippen molar-refractivity contribution in [2.75, 3.05) is 18.9 Å². The highest BCUT2D eigenvalue weighted by Crippen LogP contribution is 2.30. The maximum atomic E-state index is 12.0. The van der Waals surface area contributed by atoms with Gasteiger partial charge in [0.15, 0.2) is 5.75 Å². The van der Waals surface area contributed by atoms with Gasteiger partial charge in [0.05, 0.1) is 16.6 Å². The number of benzene rings is 1. The summed E-state index contributed by atoms with van der Waals surface area (Å²) in [6.07, 6.45) is 2.83. The zero-order valence-corrected chi connectivity index (χ0v) is 11.4. The molecule has 114 valence electrons. The number of anilines is 1. The Morgan fingerprint density at radius 3 is 2.95 bits per heavy atom. The number of carbonyl (C=O) groups excluding carboxylic acids is 1. The minimum absolute atomic E-state index is 0.00674. The molecule has 1 aliphatic heterocycles. The number of nitrogens with zero attached hydrogens (tertiary/aromatic N) is 1. The largest absolute Gasteiger partial charge is 0.502 e. The Morgan fingerprint density at radius 1 is 1.57 bits per heavy atom. The summed E-state index contributed by atoms with van der Waals surface area (Å²) in [7, 11) is 0. The van der Waals surface area contributed by atoms with Crippen LogP contribution in [0.4, 0.5) is 11.4 Å². The molecule has 8 nitrogen and oxygen atoms in total. The summed E-state index contributed by atoms with van der Waals surface area (Å²) < 4.78 is 5.43. The molecule has 4 N–H and O–H groups in total. The highest BCUT2D eigenvalue weighted by atomic mass is 16.6. The fourth-order valence-corrected chi connectivity index (χ4v) is 2.25. The number of amides is 1. The van der Waals surface area contributed by atoms with E-state index in [2.05, 4.69) is 5.32 Å². The first kappa shape index (κ1) is 15.0. The van der Waals surface area contributed by atoms with Crippen molar-refractivity contribution in [1.29, 1.82) is 0 Å². The molecule has 1 aromatic rings. The van der Waals surface area contributed by atoms with Gasteiger partial charge in [-0.2, -0.15) is 0 Å². The van der Waals surface area contributed by atoms with Crippen LogP contribution in [0.3, 0.4) is 0 Å². The number of nitro groups is 1. The quantitative estimate of drug-likeness (QED) is 0.425. The molecule has 1 amide bonds. The molecule has 0 aliphatic carbocycles. The minimum atomic E-state index is -0.766. The first-order valence-electron chi connectivity index (χ1n) is 6.65. The van der Waals surface area contributed by atoms with Crippen molar-refractivity contribution in [3.8, 4) is 5.75 Å². The van der Waals surface area contributed by atoms with Crippen LogP contribution >= 0.6 is 0 Å². The third-order valence-corrected chi connectivity index (χ3v) is 3.36. The molecule has 0 spiro atoms. The van der Waals surface area contributed by atoms with Crippen molar-refractivity contribution in [3.63, 3.8) is 0 Å². The lowest BCUT2D eigenvalue weighted by molar-refractivity contribution is -0.385. The van der Waals surface area contributed by atoms with Crippen LogP contribution in [0.1, 0.15) is 29.6 Å². The molecule has 0 unspecified atom stereocenters. The maximum Gasteiger partial charge on any atom is 0.311 e. The van der Waals surface area contributed by atoms with Crippen LogP contribution in [0.15, 0.2) is 12.1 Å². The van der Waals surface area contributed by atoms with Crippen LogP contribution in [0.25, 0.3) is 0 Å². The first-order valence-corrected chi connectivity index (χ1v) is 6.65. The molecule has 0 aromatic heterocycles. The van der Waals surface area contributed by atoms with Crippen molar-refractivity contribution >= 4 is 17.3 Å². The van der Waals surface area contributed by atoms with Crippen molar-refractivity contribution in [3.05, 3.63) is 27.8 Å². The van der Waals surface area contributed by atoms with Crippen molar-refractivity contribution in [1.82, 2.24) is 5.32 Å². The molecule has 1 aromatic carbocycles. The smallest absolute Gasteiger partial charge is 0.311 e. The number of nitrogens with one attached hydrogen (secondary N) is 1. The number of nitrogen functional groups attached to an aromatic ring is 1. The molecule has 1 heterocycles. The molecule has 2 rings (SSSR count). The molecular weight excluding hydrogens is 278 g/mol. The molecule has 1 aliphatic rings. The zero-order valence-electron chi connectivity index (χ0n) is 11.4. The average Bonchev–Trinajstić information content (AvgIpc) is 2.91. The van der Waals surface area contributed by atoms with E-state index in [0.29, 0.717) is 13.0 Å². The lowest BCUT2D eigenvalue weighted by Crippen LogP contribution is -2.27. The average molecular weight is 295 g/mol. The van der Waals surface area contributed by atoms with Gasteiger partial charge in [-0.15, -0.1) is 0 Å². The molecular formula is C13H17N3O5. The van der Waals surface area contributed by atoms with Gasteiger partial charge in [-0.25, -0.2) is 0 Å². The molecule has 0 radical (unpaired) electrons. The number of aromatic hydroxyl groups is 1. The first-order chi connectivity index (χ1) is 9.99. The van der Waals surface area contributed by atoms with Crippen molar-refractivity contribution in [2.45, 2.75) is 25.4 Å². The van der Waals surface area contributed by atoms with Crippen LogP contribution < -0.4 is 11.1 Å². The normalized spacial score (nSPS) is 17.6. The monoisotopic (exact) mass is 295 g/mol. The highest BCUT2D eigenvalue weighted by Gasteiger charge is 2.21. The molecule has 0 bridgehead atoms. The van der Waals surface area contributed by atoms with E-state index in [-0.39, 0.29) is 17.4 Å². The fraction of sp³-hybridized carbons (Fsp3) is 0.462. The van der Waals surface area contributed by atoms with E-state index in [9.17, 15) is 20.0 Å². The number of nitro benzene ring substituents is 1. The Bertz CT molecular complexity index is 555. The topological polar surface area (TPSA) is 128 Å². The molecule has 1 fully saturated rings. The van der Waals surface area contributed by atoms with Crippen LogP contribution in [0, 0.1) is 10.1 Å². The van der Waals surface area contributed by atoms with E-state index in [1.165, 1.54) is 0 Å². The van der Waals surface area contributed by atoms with Gasteiger partial charge in [-0.3, -0.25) is 14.9 Å². The summed E-state index contributed by atoms with van der Waals surface area (Å²) in [5.74, 6) is -1.07. The Kier molecular flexibility index (Phi) is 4.59. The van der Waals surface area contributed by atoms with Crippen LogP contribution in [-0.2, 0) is 4.74 Å². The zero-order chi connectivity index (χ0) is 15.4. The lowest BCUT2D eigenvalue weighted by atomic mass is 10.1. The fourth-order valence-electron chi connectivity index (χ4n) is 2.25. The molecule has 1 saturated heterocycles. The third kappa shape index (κ3) is 3.60. The number of nitrogens with two attached hydrogens (primary N) is 1. The predicted molar refractivity (Wildman–Crippen MR) is 75.1 cm³/mol. The number of rotatable bonds is 5. The Morgan fingerprint density at radius 2 is 2.33 bits per heavy atom. The predicted octanol–water partition coefficient (Wildman–Crippen LogP) is 1.18. The van der Waals surface area contributed by atoms with Gasteiger partial charge >= 0.3 is 5.69 Å². The number of phenolic OH excluding ortho intramolecular Hbond substituents is 1. The summed E-state index contributed by atoms with van der Waals surface area (Å²) >= 11 is 0. The van der Waals surface area contributed by atoms with Gasteiger partial charge < -0.3 is 20.9 Å². The number of ether oxygens (including phenoxy) is 1. The van der Waals surface area contributed by atoms with Gasteiger partial charge in [0.2, 0.25) is 0 Å². The number of phenols is 1. The second-order valence-electron chi connectivity index (χ2n) is 4.86. The summed E-state index contributed by atoms with van der Waals surface area (Å²) in [6.45, 7) is 1.15. The van der Waals surface area contributed by atoms with E-state index in [0.717, 1.165) is 31.6 Å². The summed E-state index contributed by atoms with van der Waals surface area (Å²) in [5.41, 5.74) is 5.04. The highest BCUT2D eigenvalue weighted by molar-refractivity contribution is 6.00. The van der Waals surface area contributed by atoms with Crippen molar-refractivity contribution < 1.29 is 19.6 Å². The SMILES string of the molecule is Nc1cc(O)c([N+](=O)[O-])cc1C(=O)NCC[C@H]1CCCO1. The van der Waals surface area contributed by atoms with Gasteiger partial charge in [0.1, 0.15) is 0 Å². The van der Waals surface area contributed by atoms with Crippen molar-refractivity contribution in [2.24, 2.45) is 0 Å². The van der Waals surface area contributed by atoms with Gasteiger partial charge in [0.25, 0.3) is 5.91 Å². The van der Waals surface area contributed by atoms with E-state index < -0.39 is 22.3 Å². The van der Waals surface area contributed by atoms with E-state index >= 15 is 0 Å². The van der Waals surface area contributed by atoms with E-state index in [1.54, 1.807) is 0 Å². The van der Waals surface area contributed by atoms with Crippen LogP contribution in [0.5, 0.6) is 5.75 Å². The summed E-state index contributed by atoms with van der Waals surface area (Å²) in [4.78, 5) is 22.0. The molecule has 1 atom stereocenters. The molecule has 0 saturated carbocycles. The van der Waals surface area contributed by atoms with Crippen LogP contribution in [0.2, 0.25) is 0 Å². The van der Waals surface area contributed by atoms with E-state index in [1.807, 2.05) is 0 Å². The Balaban J connectivity index is 2.00. The molecule has 8 heteroatoms. The summed E-state index contributed by atoms with van der Waals surface area (Å²) in [6, 6.07) is 1.99. The Hall–Kier alpha value is -2.35. The van der Waals surface area contributed by atoms with E-state index in [4.69, 9.17) is 10.5 Å². The maximum absolute atomic E-state index is 12.0. The van der Waals surface area contributed by atoms with Gasteiger partial charge in [-0.05, 0) is 19.3 Å². The number of hydrogen-bond donors (Lipinski definition) is 3. The lowest BCUT2D eigenvalue weighted by Gasteiger charge is -2.11. The third-order valence-electron chi connectivity index (χ3n) is 3.36.